The molecule has 0 saturated carbocycles. The van der Waals surface area contributed by atoms with Crippen molar-refractivity contribution >= 4 is 16.0 Å². The monoisotopic (exact) mass is 351 g/mol. The van der Waals surface area contributed by atoms with Crippen molar-refractivity contribution in [1.29, 1.82) is 0 Å². The minimum Gasteiger partial charge on any atom is -0.352 e. The molecule has 0 N–H and O–H groups in total. The predicted molar refractivity (Wildman–Crippen MR) is 92.2 cm³/mol. The third-order valence-electron chi connectivity index (χ3n) is 5.51. The lowest BCUT2D eigenvalue weighted by Gasteiger charge is -2.44. The first-order valence-electron chi connectivity index (χ1n) is 8.89. The van der Waals surface area contributed by atoms with E-state index < -0.39 is 10.2 Å². The molecule has 2 saturated heterocycles. The normalized spacial score (nSPS) is 22.7. The fourth-order valence-electron chi connectivity index (χ4n) is 3.79. The molecule has 1 aliphatic carbocycles. The molecule has 3 aliphatic rings. The summed E-state index contributed by atoms with van der Waals surface area (Å²) in [6.07, 6.45) is 6.47. The first-order chi connectivity index (χ1) is 11.6. The Morgan fingerprint density at radius 3 is 2.54 bits per heavy atom. The number of hydrogen-bond donors (Lipinski definition) is 0. The van der Waals surface area contributed by atoms with E-state index in [1.165, 1.54) is 18.4 Å². The average molecular weight is 351 g/mol. The highest BCUT2D eigenvalue weighted by Gasteiger charge is 2.40. The molecule has 8 heteroatoms. The van der Waals surface area contributed by atoms with E-state index in [-0.39, 0.29) is 6.04 Å². The van der Waals surface area contributed by atoms with E-state index in [9.17, 15) is 8.42 Å². The topological polar surface area (TPSA) is 69.6 Å². The summed E-state index contributed by atoms with van der Waals surface area (Å²) in [5, 5.41) is 8.72. The molecule has 4 rings (SSSR count). The highest BCUT2D eigenvalue weighted by atomic mass is 32.2. The van der Waals surface area contributed by atoms with Crippen LogP contribution in [-0.2, 0) is 23.1 Å². The molecule has 0 amide bonds. The second-order valence-corrected chi connectivity index (χ2v) is 9.06. The van der Waals surface area contributed by atoms with Gasteiger partial charge in [0, 0.05) is 33.2 Å². The summed E-state index contributed by atoms with van der Waals surface area (Å²) in [5.74, 6) is 0.888. The molecular formula is C16H25N5O2S. The van der Waals surface area contributed by atoms with Crippen molar-refractivity contribution in [3.8, 4) is 0 Å². The molecule has 0 unspecified atom stereocenters. The van der Waals surface area contributed by atoms with E-state index in [0.717, 1.165) is 37.2 Å². The van der Waals surface area contributed by atoms with Crippen molar-refractivity contribution in [2.24, 2.45) is 0 Å². The van der Waals surface area contributed by atoms with Crippen LogP contribution in [0.15, 0.2) is 6.07 Å². The number of likely N-dealkylation sites (N-methyl/N-ethyl adjacent to an activating group) is 1. The zero-order chi connectivity index (χ0) is 16.7. The van der Waals surface area contributed by atoms with Crippen LogP contribution < -0.4 is 4.90 Å². The average Bonchev–Trinajstić information content (AvgIpc) is 3.08. The third-order valence-corrected chi connectivity index (χ3v) is 7.56. The molecule has 0 bridgehead atoms. The maximum absolute atomic E-state index is 12.6. The fraction of sp³-hybridized carbons (Fsp3) is 0.750. The lowest BCUT2D eigenvalue weighted by atomic mass is 9.96. The highest BCUT2D eigenvalue weighted by molar-refractivity contribution is 7.86. The van der Waals surface area contributed by atoms with E-state index in [1.807, 2.05) is 0 Å². The van der Waals surface area contributed by atoms with E-state index in [2.05, 4.69) is 21.2 Å². The van der Waals surface area contributed by atoms with Crippen LogP contribution in [0.25, 0.3) is 0 Å². The number of fused-ring (bicyclic) bond motifs is 1. The summed E-state index contributed by atoms with van der Waals surface area (Å²) in [4.78, 5) is 2.13. The zero-order valence-corrected chi connectivity index (χ0v) is 15.0. The van der Waals surface area contributed by atoms with Gasteiger partial charge in [0.2, 0.25) is 0 Å². The molecule has 1 aromatic heterocycles. The lowest BCUT2D eigenvalue weighted by molar-refractivity contribution is 0.287. The number of nitrogens with zero attached hydrogens (tertiary/aromatic N) is 5. The second kappa shape index (κ2) is 6.24. The summed E-state index contributed by atoms with van der Waals surface area (Å²) < 4.78 is 28.4. The molecule has 2 aliphatic heterocycles. The Morgan fingerprint density at radius 2 is 1.79 bits per heavy atom. The van der Waals surface area contributed by atoms with Gasteiger partial charge >= 0.3 is 0 Å². The largest absolute Gasteiger partial charge is 0.352 e. The Kier molecular flexibility index (Phi) is 4.22. The minimum absolute atomic E-state index is 0.0217. The van der Waals surface area contributed by atoms with E-state index in [0.29, 0.717) is 26.2 Å². The minimum atomic E-state index is -3.31. The molecule has 7 nitrogen and oxygen atoms in total. The van der Waals surface area contributed by atoms with Gasteiger partial charge in [-0.25, -0.2) is 0 Å². The van der Waals surface area contributed by atoms with Gasteiger partial charge in [0.05, 0.1) is 11.7 Å². The number of anilines is 1. The van der Waals surface area contributed by atoms with Crippen molar-refractivity contribution in [3.63, 3.8) is 0 Å². The molecule has 24 heavy (non-hydrogen) atoms. The first kappa shape index (κ1) is 16.2. The summed E-state index contributed by atoms with van der Waals surface area (Å²) in [6, 6.07) is 2.17. The van der Waals surface area contributed by atoms with Crippen molar-refractivity contribution in [2.45, 2.75) is 44.6 Å². The smallest absolute Gasteiger partial charge is 0.282 e. The van der Waals surface area contributed by atoms with Crippen molar-refractivity contribution in [1.82, 2.24) is 18.8 Å². The lowest BCUT2D eigenvalue weighted by Crippen LogP contribution is -2.61. The SMILES string of the molecule is CN(C1CN(c2cc3c(nn2)CCCC3)C1)S(=O)(=O)N1CCCC1. The quantitative estimate of drug-likeness (QED) is 0.803. The Morgan fingerprint density at radius 1 is 1.08 bits per heavy atom. The number of aromatic nitrogens is 2. The number of aryl methyl sites for hydroxylation is 2. The molecule has 0 radical (unpaired) electrons. The molecule has 132 valence electrons. The molecule has 0 atom stereocenters. The Bertz CT molecular complexity index is 711. The highest BCUT2D eigenvalue weighted by Crippen LogP contribution is 2.27. The van der Waals surface area contributed by atoms with Crippen LogP contribution >= 0.6 is 0 Å². The Labute approximate surface area is 143 Å². The first-order valence-corrected chi connectivity index (χ1v) is 10.3. The number of hydrogen-bond acceptors (Lipinski definition) is 5. The van der Waals surface area contributed by atoms with E-state index >= 15 is 0 Å². The van der Waals surface area contributed by atoms with Gasteiger partial charge in [-0.2, -0.15) is 22.1 Å². The molecule has 0 spiro atoms. The summed E-state index contributed by atoms with van der Waals surface area (Å²) >= 11 is 0. The Balaban J connectivity index is 1.41. The van der Waals surface area contributed by atoms with Crippen LogP contribution in [0.5, 0.6) is 0 Å². The molecule has 1 aromatic rings. The molecule has 2 fully saturated rings. The fourth-order valence-corrected chi connectivity index (χ4v) is 5.39. The van der Waals surface area contributed by atoms with Crippen molar-refractivity contribution in [3.05, 3.63) is 17.3 Å². The van der Waals surface area contributed by atoms with Gasteiger partial charge in [0.1, 0.15) is 0 Å². The van der Waals surface area contributed by atoms with Gasteiger partial charge in [-0.3, -0.25) is 0 Å². The molecular weight excluding hydrogens is 326 g/mol. The van der Waals surface area contributed by atoms with Gasteiger partial charge in [-0.1, -0.05) is 0 Å². The maximum Gasteiger partial charge on any atom is 0.282 e. The van der Waals surface area contributed by atoms with Gasteiger partial charge in [0.15, 0.2) is 5.82 Å². The molecule has 0 aromatic carbocycles. The standard InChI is InChI=1S/C16H25N5O2S/c1-19(24(22,23)21-8-4-5-9-21)14-11-20(12-14)16-10-13-6-2-3-7-15(13)17-18-16/h10,14H,2-9,11-12H2,1H3. The van der Waals surface area contributed by atoms with E-state index in [1.54, 1.807) is 15.7 Å². The second-order valence-electron chi connectivity index (χ2n) is 7.07. The van der Waals surface area contributed by atoms with Crippen molar-refractivity contribution < 1.29 is 8.42 Å². The van der Waals surface area contributed by atoms with Gasteiger partial charge in [0.25, 0.3) is 10.2 Å². The van der Waals surface area contributed by atoms with Crippen LogP contribution in [0.2, 0.25) is 0 Å². The summed E-state index contributed by atoms with van der Waals surface area (Å²) in [7, 11) is -1.61. The van der Waals surface area contributed by atoms with Gasteiger partial charge in [-0.05, 0) is 50.2 Å². The van der Waals surface area contributed by atoms with Crippen LogP contribution in [-0.4, -0.2) is 66.5 Å². The van der Waals surface area contributed by atoms with Gasteiger partial charge in [-0.15, -0.1) is 5.10 Å². The van der Waals surface area contributed by atoms with Crippen LogP contribution in [0.1, 0.15) is 36.9 Å². The van der Waals surface area contributed by atoms with E-state index in [4.69, 9.17) is 0 Å². The third kappa shape index (κ3) is 2.80. The maximum atomic E-state index is 12.6. The molecule has 3 heterocycles. The summed E-state index contributed by atoms with van der Waals surface area (Å²) in [5.41, 5.74) is 2.45. The summed E-state index contributed by atoms with van der Waals surface area (Å²) in [6.45, 7) is 2.69. The van der Waals surface area contributed by atoms with Gasteiger partial charge < -0.3 is 4.90 Å². The predicted octanol–water partition coefficient (Wildman–Crippen LogP) is 0.816. The number of rotatable bonds is 4. The van der Waals surface area contributed by atoms with Crippen LogP contribution in [0.4, 0.5) is 5.82 Å². The Hall–Kier alpha value is -1.25. The zero-order valence-electron chi connectivity index (χ0n) is 14.2. The van der Waals surface area contributed by atoms with Crippen LogP contribution in [0.3, 0.4) is 0 Å². The van der Waals surface area contributed by atoms with Crippen LogP contribution in [0, 0.1) is 0 Å². The van der Waals surface area contributed by atoms with Crippen molar-refractivity contribution in [2.75, 3.05) is 38.1 Å².